The van der Waals surface area contributed by atoms with Gasteiger partial charge in [-0.05, 0) is 30.2 Å². The van der Waals surface area contributed by atoms with E-state index in [9.17, 15) is 4.39 Å². The van der Waals surface area contributed by atoms with E-state index in [-0.39, 0.29) is 11.9 Å². The summed E-state index contributed by atoms with van der Waals surface area (Å²) in [6, 6.07) is 12.5. The lowest BCUT2D eigenvalue weighted by Gasteiger charge is -2.15. The van der Waals surface area contributed by atoms with Gasteiger partial charge in [-0.15, -0.1) is 0 Å². The number of hydrogen-bond acceptors (Lipinski definition) is 3. The number of hydrogen-bond donors (Lipinski definition) is 2. The number of nitrogens with two attached hydrogens (primary N) is 1. The molecule has 0 saturated heterocycles. The Morgan fingerprint density at radius 1 is 1.24 bits per heavy atom. The minimum atomic E-state index is -0.252. The molecule has 3 nitrogen and oxygen atoms in total. The quantitative estimate of drug-likeness (QED) is 0.551. The van der Waals surface area contributed by atoms with Gasteiger partial charge in [0.2, 0.25) is 0 Å². The third-order valence-electron chi connectivity index (χ3n) is 3.53. The van der Waals surface area contributed by atoms with Crippen LogP contribution in [0.1, 0.15) is 17.2 Å². The zero-order valence-electron chi connectivity index (χ0n) is 11.1. The Morgan fingerprint density at radius 2 is 2.05 bits per heavy atom. The highest BCUT2D eigenvalue weighted by Crippen LogP contribution is 2.29. The van der Waals surface area contributed by atoms with Crippen LogP contribution in [0.5, 0.6) is 0 Å². The number of benzene rings is 2. The van der Waals surface area contributed by atoms with Gasteiger partial charge < -0.3 is 4.42 Å². The van der Waals surface area contributed by atoms with Gasteiger partial charge >= 0.3 is 0 Å². The second-order valence-corrected chi connectivity index (χ2v) is 5.76. The van der Waals surface area contributed by atoms with E-state index in [1.54, 1.807) is 12.3 Å². The van der Waals surface area contributed by atoms with Crippen LogP contribution in [-0.2, 0) is 6.42 Å². The number of halogens is 2. The van der Waals surface area contributed by atoms with E-state index in [4.69, 9.17) is 10.3 Å². The van der Waals surface area contributed by atoms with Crippen molar-refractivity contribution in [2.24, 2.45) is 5.84 Å². The molecule has 0 aliphatic rings. The number of hydrazine groups is 1. The van der Waals surface area contributed by atoms with E-state index in [2.05, 4.69) is 21.4 Å². The molecule has 1 aromatic heterocycles. The van der Waals surface area contributed by atoms with E-state index in [1.165, 1.54) is 6.07 Å². The van der Waals surface area contributed by atoms with Gasteiger partial charge in [-0.1, -0.05) is 40.2 Å². The Kier molecular flexibility index (Phi) is 4.05. The molecule has 1 unspecified atom stereocenters. The van der Waals surface area contributed by atoms with Crippen LogP contribution in [0.25, 0.3) is 11.0 Å². The first-order valence-corrected chi connectivity index (χ1v) is 7.34. The molecule has 0 aliphatic carbocycles. The molecule has 0 radical (unpaired) electrons. The molecule has 1 atom stereocenters. The van der Waals surface area contributed by atoms with Crippen molar-refractivity contribution in [2.45, 2.75) is 12.5 Å². The molecule has 0 aliphatic heterocycles. The first-order valence-electron chi connectivity index (χ1n) is 6.55. The standard InChI is InChI=1S/C16H14BrFN2O/c17-11-6-5-10(14(18)8-11)7-15(20-19)13-9-21-16-4-2-1-3-12(13)16/h1-6,8-9,15,20H,7,19H2. The summed E-state index contributed by atoms with van der Waals surface area (Å²) in [5.41, 5.74) is 5.07. The van der Waals surface area contributed by atoms with Gasteiger partial charge in [0.25, 0.3) is 0 Å². The van der Waals surface area contributed by atoms with Crippen molar-refractivity contribution in [3.63, 3.8) is 0 Å². The number of fused-ring (bicyclic) bond motifs is 1. The van der Waals surface area contributed by atoms with E-state index in [1.807, 2.05) is 30.3 Å². The first-order chi connectivity index (χ1) is 10.2. The smallest absolute Gasteiger partial charge is 0.134 e. The highest BCUT2D eigenvalue weighted by Gasteiger charge is 2.18. The molecule has 2 aromatic carbocycles. The largest absolute Gasteiger partial charge is 0.464 e. The normalized spacial score (nSPS) is 12.7. The molecule has 21 heavy (non-hydrogen) atoms. The Balaban J connectivity index is 1.95. The fourth-order valence-corrected chi connectivity index (χ4v) is 2.77. The van der Waals surface area contributed by atoms with Crippen molar-refractivity contribution in [3.8, 4) is 0 Å². The average Bonchev–Trinajstić information content (AvgIpc) is 2.91. The predicted molar refractivity (Wildman–Crippen MR) is 84.1 cm³/mol. The number of para-hydroxylation sites is 1. The molecule has 1 heterocycles. The summed E-state index contributed by atoms with van der Waals surface area (Å²) in [5, 5.41) is 0.984. The molecular weight excluding hydrogens is 335 g/mol. The maximum Gasteiger partial charge on any atom is 0.134 e. The molecule has 3 N–H and O–H groups in total. The van der Waals surface area contributed by atoms with Crippen molar-refractivity contribution in [1.29, 1.82) is 0 Å². The summed E-state index contributed by atoms with van der Waals surface area (Å²) < 4.78 is 20.2. The molecule has 0 amide bonds. The number of rotatable bonds is 4. The second-order valence-electron chi connectivity index (χ2n) is 4.85. The van der Waals surface area contributed by atoms with Crippen LogP contribution in [-0.4, -0.2) is 0 Å². The predicted octanol–water partition coefficient (Wildman–Crippen LogP) is 4.08. The minimum absolute atomic E-state index is 0.218. The summed E-state index contributed by atoms with van der Waals surface area (Å²) >= 11 is 3.26. The van der Waals surface area contributed by atoms with E-state index < -0.39 is 0 Å². The van der Waals surface area contributed by atoms with Crippen molar-refractivity contribution in [1.82, 2.24) is 5.43 Å². The monoisotopic (exact) mass is 348 g/mol. The molecule has 0 spiro atoms. The third-order valence-corrected chi connectivity index (χ3v) is 4.02. The maximum atomic E-state index is 14.0. The lowest BCUT2D eigenvalue weighted by Crippen LogP contribution is -2.29. The summed E-state index contributed by atoms with van der Waals surface area (Å²) in [7, 11) is 0. The van der Waals surface area contributed by atoms with E-state index >= 15 is 0 Å². The topological polar surface area (TPSA) is 51.2 Å². The van der Waals surface area contributed by atoms with Crippen LogP contribution >= 0.6 is 15.9 Å². The van der Waals surface area contributed by atoms with Gasteiger partial charge in [0.1, 0.15) is 11.4 Å². The van der Waals surface area contributed by atoms with Crippen LogP contribution in [0.15, 0.2) is 57.6 Å². The molecule has 0 fully saturated rings. The fraction of sp³-hybridized carbons (Fsp3) is 0.125. The highest BCUT2D eigenvalue weighted by molar-refractivity contribution is 9.10. The second kappa shape index (κ2) is 5.97. The maximum absolute atomic E-state index is 14.0. The zero-order chi connectivity index (χ0) is 14.8. The summed E-state index contributed by atoms with van der Waals surface area (Å²) in [4.78, 5) is 0. The van der Waals surface area contributed by atoms with E-state index in [0.717, 1.165) is 21.0 Å². The summed E-state index contributed by atoms with van der Waals surface area (Å²) in [6.45, 7) is 0. The van der Waals surface area contributed by atoms with Gasteiger partial charge in [0.15, 0.2) is 0 Å². The number of furan rings is 1. The molecular formula is C16H14BrFN2O. The van der Waals surface area contributed by atoms with Gasteiger partial charge in [-0.2, -0.15) is 0 Å². The van der Waals surface area contributed by atoms with Crippen LogP contribution in [0.4, 0.5) is 4.39 Å². The highest BCUT2D eigenvalue weighted by atomic mass is 79.9. The molecule has 0 saturated carbocycles. The van der Waals surface area contributed by atoms with Crippen molar-refractivity contribution >= 4 is 26.9 Å². The zero-order valence-corrected chi connectivity index (χ0v) is 12.7. The Hall–Kier alpha value is -1.69. The summed E-state index contributed by atoms with van der Waals surface area (Å²) in [5.74, 6) is 5.41. The minimum Gasteiger partial charge on any atom is -0.464 e. The van der Waals surface area contributed by atoms with Gasteiger partial charge in [-0.25, -0.2) is 4.39 Å². The SMILES string of the molecule is NNC(Cc1ccc(Br)cc1F)c1coc2ccccc12. The van der Waals surface area contributed by atoms with Crippen LogP contribution in [0.2, 0.25) is 0 Å². The van der Waals surface area contributed by atoms with E-state index in [0.29, 0.717) is 12.0 Å². The lowest BCUT2D eigenvalue weighted by molar-refractivity contribution is 0.519. The Bertz CT molecular complexity index is 772. The van der Waals surface area contributed by atoms with Gasteiger partial charge in [0, 0.05) is 15.4 Å². The van der Waals surface area contributed by atoms with Crippen LogP contribution in [0.3, 0.4) is 0 Å². The molecule has 5 heteroatoms. The van der Waals surface area contributed by atoms with Crippen LogP contribution < -0.4 is 11.3 Å². The van der Waals surface area contributed by atoms with Crippen molar-refractivity contribution in [2.75, 3.05) is 0 Å². The first kappa shape index (κ1) is 14.3. The Labute approximate surface area is 130 Å². The van der Waals surface area contributed by atoms with Gasteiger partial charge in [-0.3, -0.25) is 11.3 Å². The Morgan fingerprint density at radius 3 is 2.81 bits per heavy atom. The van der Waals surface area contributed by atoms with Crippen molar-refractivity contribution < 1.29 is 8.81 Å². The average molecular weight is 349 g/mol. The van der Waals surface area contributed by atoms with Crippen molar-refractivity contribution in [3.05, 3.63) is 70.1 Å². The number of nitrogens with one attached hydrogen (secondary N) is 1. The van der Waals surface area contributed by atoms with Crippen LogP contribution in [0, 0.1) is 5.82 Å². The third kappa shape index (κ3) is 2.85. The molecule has 3 rings (SSSR count). The fourth-order valence-electron chi connectivity index (χ4n) is 2.43. The summed E-state index contributed by atoms with van der Waals surface area (Å²) in [6.07, 6.45) is 2.12. The van der Waals surface area contributed by atoms with Gasteiger partial charge in [0.05, 0.1) is 12.3 Å². The lowest BCUT2D eigenvalue weighted by atomic mass is 9.98. The molecule has 3 aromatic rings. The molecule has 108 valence electrons. The molecule has 0 bridgehead atoms.